The van der Waals surface area contributed by atoms with Gasteiger partial charge in [0, 0.05) is 36.5 Å². The molecule has 0 unspecified atom stereocenters. The highest BCUT2D eigenvalue weighted by atomic mass is 16.5. The van der Waals surface area contributed by atoms with E-state index in [0.29, 0.717) is 12.3 Å². The van der Waals surface area contributed by atoms with Crippen molar-refractivity contribution in [3.63, 3.8) is 0 Å². The van der Waals surface area contributed by atoms with Crippen molar-refractivity contribution in [3.05, 3.63) is 35.5 Å². The molecule has 0 saturated carbocycles. The number of piperidine rings is 1. The van der Waals surface area contributed by atoms with E-state index in [2.05, 4.69) is 22.3 Å². The molecule has 2 aromatic rings. The minimum atomic E-state index is -0.0853. The van der Waals surface area contributed by atoms with Crippen LogP contribution in [0, 0.1) is 0 Å². The van der Waals surface area contributed by atoms with E-state index in [4.69, 9.17) is 4.52 Å². The molecule has 1 N–H and O–H groups in total. The number of amides is 1. The molecule has 3 rings (SSSR count). The van der Waals surface area contributed by atoms with Gasteiger partial charge in [-0.15, -0.1) is 0 Å². The molecule has 0 aromatic carbocycles. The summed E-state index contributed by atoms with van der Waals surface area (Å²) < 4.78 is 5.17. The standard InChI is InChI=1S/C15H20N4O2/c1-3-11-9-12(21-18-11)14(20)19-8-4-6-15(2,10-19)13-5-7-16-17-13/h5,7,9H,3-4,6,8,10H2,1-2H3,(H,16,17)/t15-/m1/s1. The van der Waals surface area contributed by atoms with E-state index in [-0.39, 0.29) is 11.3 Å². The molecule has 1 fully saturated rings. The molecule has 1 amide bonds. The van der Waals surface area contributed by atoms with E-state index < -0.39 is 0 Å². The molecule has 0 radical (unpaired) electrons. The minimum Gasteiger partial charge on any atom is -0.351 e. The number of aromatic amines is 1. The SMILES string of the molecule is CCc1cc(C(=O)N2CCC[C@@](C)(c3ccn[nH]3)C2)on1. The van der Waals surface area contributed by atoms with Crippen LogP contribution < -0.4 is 0 Å². The van der Waals surface area contributed by atoms with Crippen LogP contribution in [0.1, 0.15) is 48.6 Å². The van der Waals surface area contributed by atoms with Gasteiger partial charge in [0.2, 0.25) is 5.76 Å². The molecular weight excluding hydrogens is 268 g/mol. The van der Waals surface area contributed by atoms with Crippen molar-refractivity contribution in [2.24, 2.45) is 0 Å². The lowest BCUT2D eigenvalue weighted by Crippen LogP contribution is -2.47. The fourth-order valence-corrected chi connectivity index (χ4v) is 2.96. The zero-order valence-electron chi connectivity index (χ0n) is 12.4. The number of nitrogens with zero attached hydrogens (tertiary/aromatic N) is 3. The normalized spacial score (nSPS) is 22.5. The number of aromatic nitrogens is 3. The van der Waals surface area contributed by atoms with Crippen molar-refractivity contribution in [1.29, 1.82) is 0 Å². The number of hydrogen-bond donors (Lipinski definition) is 1. The number of likely N-dealkylation sites (tertiary alicyclic amines) is 1. The quantitative estimate of drug-likeness (QED) is 0.939. The van der Waals surface area contributed by atoms with Gasteiger partial charge in [-0.1, -0.05) is 19.0 Å². The fraction of sp³-hybridized carbons (Fsp3) is 0.533. The highest BCUT2D eigenvalue weighted by molar-refractivity contribution is 5.91. The third kappa shape index (κ3) is 2.57. The molecule has 2 aromatic heterocycles. The molecule has 0 aliphatic carbocycles. The Labute approximate surface area is 123 Å². The molecule has 6 heteroatoms. The van der Waals surface area contributed by atoms with E-state index in [1.165, 1.54) is 0 Å². The van der Waals surface area contributed by atoms with Gasteiger partial charge in [-0.2, -0.15) is 5.10 Å². The first-order valence-corrected chi connectivity index (χ1v) is 7.37. The van der Waals surface area contributed by atoms with Crippen molar-refractivity contribution in [2.45, 2.75) is 38.5 Å². The highest BCUT2D eigenvalue weighted by Crippen LogP contribution is 2.32. The smallest absolute Gasteiger partial charge is 0.292 e. The Hall–Kier alpha value is -2.11. The minimum absolute atomic E-state index is 0.0763. The first kappa shape index (κ1) is 13.9. The van der Waals surface area contributed by atoms with Crippen LogP contribution in [-0.4, -0.2) is 39.3 Å². The van der Waals surface area contributed by atoms with Crippen LogP contribution in [0.25, 0.3) is 0 Å². The van der Waals surface area contributed by atoms with E-state index in [0.717, 1.165) is 37.2 Å². The summed E-state index contributed by atoms with van der Waals surface area (Å²) in [6.07, 6.45) is 4.53. The van der Waals surface area contributed by atoms with Crippen LogP contribution >= 0.6 is 0 Å². The molecule has 1 aliphatic rings. The van der Waals surface area contributed by atoms with Gasteiger partial charge in [0.15, 0.2) is 0 Å². The fourth-order valence-electron chi connectivity index (χ4n) is 2.96. The van der Waals surface area contributed by atoms with Crippen molar-refractivity contribution in [3.8, 4) is 0 Å². The number of nitrogens with one attached hydrogen (secondary N) is 1. The Kier molecular flexibility index (Phi) is 3.53. The molecule has 0 spiro atoms. The van der Waals surface area contributed by atoms with E-state index in [1.54, 1.807) is 12.3 Å². The summed E-state index contributed by atoms with van der Waals surface area (Å²) in [5, 5.41) is 11.0. The molecule has 21 heavy (non-hydrogen) atoms. The second kappa shape index (κ2) is 5.35. The molecule has 3 heterocycles. The monoisotopic (exact) mass is 288 g/mol. The Balaban J connectivity index is 1.78. The average Bonchev–Trinajstić information content (AvgIpc) is 3.18. The summed E-state index contributed by atoms with van der Waals surface area (Å²) in [6.45, 7) is 5.57. The van der Waals surface area contributed by atoms with Crippen LogP contribution in [-0.2, 0) is 11.8 Å². The zero-order chi connectivity index (χ0) is 14.9. The molecule has 112 valence electrons. The van der Waals surface area contributed by atoms with Crippen molar-refractivity contribution >= 4 is 5.91 Å². The molecule has 1 atom stereocenters. The van der Waals surface area contributed by atoms with E-state index >= 15 is 0 Å². The van der Waals surface area contributed by atoms with Crippen molar-refractivity contribution < 1.29 is 9.32 Å². The third-order valence-electron chi connectivity index (χ3n) is 4.27. The van der Waals surface area contributed by atoms with E-state index in [1.807, 2.05) is 17.9 Å². The number of rotatable bonds is 3. The zero-order valence-corrected chi connectivity index (χ0v) is 12.4. The van der Waals surface area contributed by atoms with Gasteiger partial charge >= 0.3 is 0 Å². The Morgan fingerprint density at radius 3 is 3.10 bits per heavy atom. The molecule has 6 nitrogen and oxygen atoms in total. The summed E-state index contributed by atoms with van der Waals surface area (Å²) >= 11 is 0. The number of carbonyl (C=O) groups is 1. The Bertz CT molecular complexity index is 619. The number of aryl methyl sites for hydroxylation is 1. The Morgan fingerprint density at radius 2 is 2.43 bits per heavy atom. The second-order valence-electron chi connectivity index (χ2n) is 5.90. The van der Waals surface area contributed by atoms with Gasteiger partial charge in [0.25, 0.3) is 5.91 Å². The maximum absolute atomic E-state index is 12.6. The molecule has 0 bridgehead atoms. The second-order valence-corrected chi connectivity index (χ2v) is 5.90. The van der Waals surface area contributed by atoms with Crippen molar-refractivity contribution in [1.82, 2.24) is 20.3 Å². The third-order valence-corrected chi connectivity index (χ3v) is 4.27. The maximum atomic E-state index is 12.6. The number of carbonyl (C=O) groups excluding carboxylic acids is 1. The molecular formula is C15H20N4O2. The predicted octanol–water partition coefficient (Wildman–Crippen LogP) is 2.15. The van der Waals surface area contributed by atoms with Crippen LogP contribution in [0.2, 0.25) is 0 Å². The van der Waals surface area contributed by atoms with E-state index in [9.17, 15) is 4.79 Å². The molecule has 1 saturated heterocycles. The predicted molar refractivity (Wildman–Crippen MR) is 77.0 cm³/mol. The van der Waals surface area contributed by atoms with Gasteiger partial charge < -0.3 is 9.42 Å². The van der Waals surface area contributed by atoms with Gasteiger partial charge in [-0.25, -0.2) is 0 Å². The highest BCUT2D eigenvalue weighted by Gasteiger charge is 2.36. The van der Waals surface area contributed by atoms with Gasteiger partial charge in [-0.05, 0) is 25.3 Å². The lowest BCUT2D eigenvalue weighted by molar-refractivity contribution is 0.0606. The summed E-state index contributed by atoms with van der Waals surface area (Å²) in [6, 6.07) is 3.72. The van der Waals surface area contributed by atoms with Gasteiger partial charge in [-0.3, -0.25) is 9.89 Å². The largest absolute Gasteiger partial charge is 0.351 e. The maximum Gasteiger partial charge on any atom is 0.292 e. The van der Waals surface area contributed by atoms with Crippen molar-refractivity contribution in [2.75, 3.05) is 13.1 Å². The number of hydrogen-bond acceptors (Lipinski definition) is 4. The summed E-state index contributed by atoms with van der Waals surface area (Å²) in [7, 11) is 0. The van der Waals surface area contributed by atoms with Crippen LogP contribution in [0.3, 0.4) is 0 Å². The average molecular weight is 288 g/mol. The number of H-pyrrole nitrogens is 1. The first-order valence-electron chi connectivity index (χ1n) is 7.37. The Morgan fingerprint density at radius 1 is 1.57 bits per heavy atom. The van der Waals surface area contributed by atoms with Gasteiger partial charge in [0.1, 0.15) is 0 Å². The van der Waals surface area contributed by atoms with Crippen LogP contribution in [0.4, 0.5) is 0 Å². The topological polar surface area (TPSA) is 75.0 Å². The molecule has 1 aliphatic heterocycles. The summed E-state index contributed by atoms with van der Waals surface area (Å²) in [5.74, 6) is 0.258. The lowest BCUT2D eigenvalue weighted by atomic mass is 9.79. The first-order chi connectivity index (χ1) is 10.1. The van der Waals surface area contributed by atoms with Gasteiger partial charge in [0.05, 0.1) is 5.69 Å². The summed E-state index contributed by atoms with van der Waals surface area (Å²) in [4.78, 5) is 14.4. The lowest BCUT2D eigenvalue weighted by Gasteiger charge is -2.39. The summed E-state index contributed by atoms with van der Waals surface area (Å²) in [5.41, 5.74) is 1.80. The van der Waals surface area contributed by atoms with Crippen LogP contribution in [0.5, 0.6) is 0 Å². The van der Waals surface area contributed by atoms with Crippen LogP contribution in [0.15, 0.2) is 22.9 Å².